The van der Waals surface area contributed by atoms with E-state index in [1.807, 2.05) is 5.38 Å². The van der Waals surface area contributed by atoms with E-state index in [4.69, 9.17) is 0 Å². The summed E-state index contributed by atoms with van der Waals surface area (Å²) < 4.78 is 0.959. The summed E-state index contributed by atoms with van der Waals surface area (Å²) >= 11 is 3.07. The number of hydrogen-bond donors (Lipinski definition) is 1. The van der Waals surface area contributed by atoms with Crippen molar-refractivity contribution < 1.29 is 4.79 Å². The van der Waals surface area contributed by atoms with Crippen molar-refractivity contribution in [2.75, 3.05) is 12.3 Å². The average molecular weight is 258 g/mol. The first-order valence-corrected chi connectivity index (χ1v) is 7.48. The standard InChI is InChI=1S/C11H18N2OS2/c1-2-3-4-5-6-12-10(14)9-16-11-13-7-8-15-11/h7-8H,2-6,9H2,1H3,(H,12,14). The molecule has 16 heavy (non-hydrogen) atoms. The average Bonchev–Trinajstić information content (AvgIpc) is 2.79. The first-order valence-electron chi connectivity index (χ1n) is 5.62. The topological polar surface area (TPSA) is 42.0 Å². The number of rotatable bonds is 8. The van der Waals surface area contributed by atoms with Gasteiger partial charge < -0.3 is 5.32 Å². The first kappa shape index (κ1) is 13.5. The zero-order valence-corrected chi connectivity index (χ0v) is 11.2. The number of thiazole rings is 1. The number of hydrogen-bond acceptors (Lipinski definition) is 4. The summed E-state index contributed by atoms with van der Waals surface area (Å²) in [5.41, 5.74) is 0. The minimum atomic E-state index is 0.108. The summed E-state index contributed by atoms with van der Waals surface area (Å²) in [7, 11) is 0. The van der Waals surface area contributed by atoms with Gasteiger partial charge in [-0.25, -0.2) is 4.98 Å². The van der Waals surface area contributed by atoms with E-state index in [1.54, 1.807) is 17.5 Å². The molecule has 3 nitrogen and oxygen atoms in total. The Labute approximate surface area is 105 Å². The summed E-state index contributed by atoms with van der Waals surface area (Å²) in [5, 5.41) is 4.84. The maximum atomic E-state index is 11.4. The summed E-state index contributed by atoms with van der Waals surface area (Å²) in [6.45, 7) is 2.99. The fraction of sp³-hybridized carbons (Fsp3) is 0.636. The Hall–Kier alpha value is -0.550. The van der Waals surface area contributed by atoms with Gasteiger partial charge in [0.25, 0.3) is 0 Å². The van der Waals surface area contributed by atoms with Crippen molar-refractivity contribution in [2.24, 2.45) is 0 Å². The third kappa shape index (κ3) is 6.12. The lowest BCUT2D eigenvalue weighted by Gasteiger charge is -2.03. The Morgan fingerprint density at radius 3 is 3.06 bits per heavy atom. The molecule has 1 rings (SSSR count). The second-order valence-electron chi connectivity index (χ2n) is 3.50. The van der Waals surface area contributed by atoms with Crippen LogP contribution in [-0.2, 0) is 4.79 Å². The van der Waals surface area contributed by atoms with Crippen LogP contribution in [0.25, 0.3) is 0 Å². The van der Waals surface area contributed by atoms with Crippen LogP contribution in [0.2, 0.25) is 0 Å². The van der Waals surface area contributed by atoms with E-state index < -0.39 is 0 Å². The van der Waals surface area contributed by atoms with Crippen molar-refractivity contribution in [2.45, 2.75) is 36.9 Å². The maximum absolute atomic E-state index is 11.4. The SMILES string of the molecule is CCCCCCNC(=O)CSc1nccs1. The van der Waals surface area contributed by atoms with Crippen LogP contribution in [0.5, 0.6) is 0 Å². The summed E-state index contributed by atoms with van der Waals surface area (Å²) in [6, 6.07) is 0. The maximum Gasteiger partial charge on any atom is 0.230 e. The molecule has 0 aromatic carbocycles. The van der Waals surface area contributed by atoms with E-state index in [1.165, 1.54) is 31.0 Å². The summed E-state index contributed by atoms with van der Waals surface area (Å²) in [6.07, 6.45) is 6.53. The fourth-order valence-electron chi connectivity index (χ4n) is 1.24. The Bertz CT molecular complexity index is 288. The van der Waals surface area contributed by atoms with Gasteiger partial charge in [0.05, 0.1) is 5.75 Å². The Morgan fingerprint density at radius 1 is 1.50 bits per heavy atom. The normalized spacial score (nSPS) is 10.3. The molecule has 1 N–H and O–H groups in total. The van der Waals surface area contributed by atoms with Gasteiger partial charge in [-0.3, -0.25) is 4.79 Å². The van der Waals surface area contributed by atoms with Crippen LogP contribution in [-0.4, -0.2) is 23.2 Å². The molecule has 0 aliphatic rings. The van der Waals surface area contributed by atoms with E-state index in [2.05, 4.69) is 17.2 Å². The quantitative estimate of drug-likeness (QED) is 0.576. The van der Waals surface area contributed by atoms with E-state index >= 15 is 0 Å². The number of aromatic nitrogens is 1. The van der Waals surface area contributed by atoms with Gasteiger partial charge in [-0.1, -0.05) is 37.9 Å². The molecule has 0 saturated heterocycles. The third-order valence-electron chi connectivity index (χ3n) is 2.09. The van der Waals surface area contributed by atoms with Crippen LogP contribution in [0.15, 0.2) is 15.9 Å². The van der Waals surface area contributed by atoms with Crippen molar-refractivity contribution >= 4 is 29.0 Å². The van der Waals surface area contributed by atoms with Crippen LogP contribution in [0.3, 0.4) is 0 Å². The lowest BCUT2D eigenvalue weighted by atomic mass is 10.2. The molecular formula is C11H18N2OS2. The van der Waals surface area contributed by atoms with Crippen molar-refractivity contribution in [3.8, 4) is 0 Å². The third-order valence-corrected chi connectivity index (χ3v) is 4.05. The molecule has 0 aliphatic heterocycles. The predicted molar refractivity (Wildman–Crippen MR) is 70.0 cm³/mol. The molecule has 0 spiro atoms. The zero-order valence-electron chi connectivity index (χ0n) is 9.57. The molecule has 1 heterocycles. The van der Waals surface area contributed by atoms with Gasteiger partial charge in [0.2, 0.25) is 5.91 Å². The smallest absolute Gasteiger partial charge is 0.230 e. The van der Waals surface area contributed by atoms with Crippen molar-refractivity contribution in [3.05, 3.63) is 11.6 Å². The Morgan fingerprint density at radius 2 is 2.38 bits per heavy atom. The lowest BCUT2D eigenvalue weighted by molar-refractivity contribution is -0.118. The molecule has 0 saturated carbocycles. The monoisotopic (exact) mass is 258 g/mol. The Kier molecular flexibility index (Phi) is 7.25. The van der Waals surface area contributed by atoms with Gasteiger partial charge in [0.1, 0.15) is 4.34 Å². The molecule has 1 aromatic rings. The molecule has 0 radical (unpaired) electrons. The minimum Gasteiger partial charge on any atom is -0.355 e. The first-order chi connectivity index (χ1) is 7.83. The van der Waals surface area contributed by atoms with Crippen LogP contribution < -0.4 is 5.32 Å². The molecule has 1 amide bonds. The van der Waals surface area contributed by atoms with Gasteiger partial charge in [-0.05, 0) is 6.42 Å². The molecule has 0 aliphatic carbocycles. The van der Waals surface area contributed by atoms with Gasteiger partial charge in [-0.15, -0.1) is 11.3 Å². The highest BCUT2D eigenvalue weighted by Crippen LogP contribution is 2.19. The predicted octanol–water partition coefficient (Wildman–Crippen LogP) is 2.93. The Balaban J connectivity index is 1.99. The summed E-state index contributed by atoms with van der Waals surface area (Å²) in [4.78, 5) is 15.5. The largest absolute Gasteiger partial charge is 0.355 e. The van der Waals surface area contributed by atoms with Gasteiger partial charge in [0.15, 0.2) is 0 Å². The number of amides is 1. The molecule has 0 unspecified atom stereocenters. The minimum absolute atomic E-state index is 0.108. The number of thioether (sulfide) groups is 1. The van der Waals surface area contributed by atoms with Crippen LogP contribution in [0.4, 0.5) is 0 Å². The van der Waals surface area contributed by atoms with Crippen molar-refractivity contribution in [1.82, 2.24) is 10.3 Å². The number of unbranched alkanes of at least 4 members (excludes halogenated alkanes) is 3. The van der Waals surface area contributed by atoms with E-state index in [-0.39, 0.29) is 5.91 Å². The molecule has 5 heteroatoms. The zero-order chi connectivity index (χ0) is 11.6. The second-order valence-corrected chi connectivity index (χ2v) is 5.61. The second kappa shape index (κ2) is 8.58. The number of nitrogens with one attached hydrogen (secondary N) is 1. The van der Waals surface area contributed by atoms with Gasteiger partial charge in [0, 0.05) is 18.1 Å². The van der Waals surface area contributed by atoms with Gasteiger partial charge in [-0.2, -0.15) is 0 Å². The number of carbonyl (C=O) groups is 1. The molecule has 0 bridgehead atoms. The molecule has 1 aromatic heterocycles. The number of carbonyl (C=O) groups excluding carboxylic acids is 1. The van der Waals surface area contributed by atoms with Crippen molar-refractivity contribution in [1.29, 1.82) is 0 Å². The van der Waals surface area contributed by atoms with E-state index in [0.29, 0.717) is 5.75 Å². The summed E-state index contributed by atoms with van der Waals surface area (Å²) in [5.74, 6) is 0.582. The van der Waals surface area contributed by atoms with Crippen molar-refractivity contribution in [3.63, 3.8) is 0 Å². The molecule has 0 atom stereocenters. The van der Waals surface area contributed by atoms with Crippen LogP contribution in [0.1, 0.15) is 32.6 Å². The number of nitrogens with zero attached hydrogens (tertiary/aromatic N) is 1. The molecule has 0 fully saturated rings. The highest BCUT2D eigenvalue weighted by molar-refractivity contribution is 8.01. The highest BCUT2D eigenvalue weighted by Gasteiger charge is 2.03. The molecule has 90 valence electrons. The lowest BCUT2D eigenvalue weighted by Crippen LogP contribution is -2.26. The fourth-order valence-corrected chi connectivity index (χ4v) is 2.71. The highest BCUT2D eigenvalue weighted by atomic mass is 32.2. The molecular weight excluding hydrogens is 240 g/mol. The van der Waals surface area contributed by atoms with E-state index in [0.717, 1.165) is 17.3 Å². The van der Waals surface area contributed by atoms with Crippen LogP contribution in [0, 0.1) is 0 Å². The van der Waals surface area contributed by atoms with Gasteiger partial charge >= 0.3 is 0 Å². The van der Waals surface area contributed by atoms with Crippen LogP contribution >= 0.6 is 23.1 Å². The van der Waals surface area contributed by atoms with E-state index in [9.17, 15) is 4.79 Å².